The SMILES string of the molecule is CS(=O)(=O)N1CCCC(CC(N)CCCc2cccs2)C1. The van der Waals surface area contributed by atoms with E-state index in [4.69, 9.17) is 5.73 Å². The molecule has 1 aromatic rings. The molecule has 120 valence electrons. The van der Waals surface area contributed by atoms with Gasteiger partial charge in [-0.3, -0.25) is 0 Å². The Morgan fingerprint density at radius 2 is 2.33 bits per heavy atom. The van der Waals surface area contributed by atoms with Crippen molar-refractivity contribution in [3.63, 3.8) is 0 Å². The average Bonchev–Trinajstić information content (AvgIpc) is 2.91. The van der Waals surface area contributed by atoms with Crippen molar-refractivity contribution in [1.82, 2.24) is 4.31 Å². The molecule has 0 aromatic carbocycles. The molecular formula is C15H26N2O2S2. The quantitative estimate of drug-likeness (QED) is 0.835. The first-order valence-electron chi connectivity index (χ1n) is 7.68. The van der Waals surface area contributed by atoms with Crippen LogP contribution in [-0.4, -0.2) is 38.1 Å². The third-order valence-corrected chi connectivity index (χ3v) is 6.37. The molecule has 2 atom stereocenters. The third-order valence-electron chi connectivity index (χ3n) is 4.17. The van der Waals surface area contributed by atoms with E-state index in [0.717, 1.165) is 38.5 Å². The van der Waals surface area contributed by atoms with Gasteiger partial charge in [0.05, 0.1) is 6.26 Å². The Morgan fingerprint density at radius 1 is 1.52 bits per heavy atom. The van der Waals surface area contributed by atoms with Gasteiger partial charge in [0, 0.05) is 24.0 Å². The van der Waals surface area contributed by atoms with E-state index in [-0.39, 0.29) is 6.04 Å². The molecule has 2 rings (SSSR count). The van der Waals surface area contributed by atoms with E-state index in [1.54, 1.807) is 15.6 Å². The molecule has 1 aromatic heterocycles. The van der Waals surface area contributed by atoms with Gasteiger partial charge < -0.3 is 5.73 Å². The Kier molecular flexibility index (Phi) is 6.22. The summed E-state index contributed by atoms with van der Waals surface area (Å²) in [7, 11) is -3.05. The number of sulfonamides is 1. The lowest BCUT2D eigenvalue weighted by Gasteiger charge is -2.32. The van der Waals surface area contributed by atoms with Gasteiger partial charge in [-0.15, -0.1) is 11.3 Å². The number of aryl methyl sites for hydroxylation is 1. The zero-order valence-corrected chi connectivity index (χ0v) is 14.3. The van der Waals surface area contributed by atoms with E-state index >= 15 is 0 Å². The van der Waals surface area contributed by atoms with Crippen LogP contribution in [0.4, 0.5) is 0 Å². The van der Waals surface area contributed by atoms with Crippen LogP contribution in [0.25, 0.3) is 0 Å². The predicted octanol–water partition coefficient (Wildman–Crippen LogP) is 2.46. The molecule has 0 radical (unpaired) electrons. The summed E-state index contributed by atoms with van der Waals surface area (Å²) < 4.78 is 24.8. The Labute approximate surface area is 132 Å². The Balaban J connectivity index is 1.70. The number of rotatable bonds is 7. The minimum atomic E-state index is -3.05. The van der Waals surface area contributed by atoms with Crippen LogP contribution in [0.2, 0.25) is 0 Å². The van der Waals surface area contributed by atoms with Gasteiger partial charge in [-0.2, -0.15) is 0 Å². The fourth-order valence-electron chi connectivity index (χ4n) is 3.06. The second kappa shape index (κ2) is 7.72. The van der Waals surface area contributed by atoms with E-state index < -0.39 is 10.0 Å². The molecule has 2 unspecified atom stereocenters. The van der Waals surface area contributed by atoms with Crippen molar-refractivity contribution in [2.24, 2.45) is 11.7 Å². The van der Waals surface area contributed by atoms with Gasteiger partial charge in [0.15, 0.2) is 0 Å². The van der Waals surface area contributed by atoms with E-state index in [9.17, 15) is 8.42 Å². The second-order valence-corrected chi connectivity index (χ2v) is 9.11. The van der Waals surface area contributed by atoms with Gasteiger partial charge in [0.25, 0.3) is 0 Å². The topological polar surface area (TPSA) is 63.4 Å². The highest BCUT2D eigenvalue weighted by Gasteiger charge is 2.26. The van der Waals surface area contributed by atoms with Crippen molar-refractivity contribution >= 4 is 21.4 Å². The van der Waals surface area contributed by atoms with Gasteiger partial charge in [-0.05, 0) is 55.9 Å². The second-order valence-electron chi connectivity index (χ2n) is 6.10. The number of nitrogens with zero attached hydrogens (tertiary/aromatic N) is 1. The molecule has 1 aliphatic heterocycles. The highest BCUT2D eigenvalue weighted by molar-refractivity contribution is 7.88. The molecule has 1 fully saturated rings. The standard InChI is InChI=1S/C15H26N2O2S2/c1-21(18,19)17-9-3-5-13(12-17)11-14(16)6-2-7-15-8-4-10-20-15/h4,8,10,13-14H,2-3,5-7,9,11-12,16H2,1H3. The minimum absolute atomic E-state index is 0.189. The summed E-state index contributed by atoms with van der Waals surface area (Å²) in [6.07, 6.45) is 7.54. The van der Waals surface area contributed by atoms with Crippen molar-refractivity contribution in [2.75, 3.05) is 19.3 Å². The Morgan fingerprint density at radius 3 is 3.00 bits per heavy atom. The van der Waals surface area contributed by atoms with Gasteiger partial charge in [-0.1, -0.05) is 6.07 Å². The zero-order chi connectivity index (χ0) is 15.3. The summed E-state index contributed by atoms with van der Waals surface area (Å²) in [4.78, 5) is 1.42. The lowest BCUT2D eigenvalue weighted by molar-refractivity contribution is 0.243. The number of hydrogen-bond acceptors (Lipinski definition) is 4. The van der Waals surface area contributed by atoms with Crippen molar-refractivity contribution in [3.8, 4) is 0 Å². The molecule has 0 aliphatic carbocycles. The monoisotopic (exact) mass is 330 g/mol. The van der Waals surface area contributed by atoms with Crippen LogP contribution in [0.5, 0.6) is 0 Å². The van der Waals surface area contributed by atoms with Gasteiger partial charge >= 0.3 is 0 Å². The molecule has 0 amide bonds. The maximum Gasteiger partial charge on any atom is 0.211 e. The predicted molar refractivity (Wildman–Crippen MR) is 89.0 cm³/mol. The molecule has 1 saturated heterocycles. The van der Waals surface area contributed by atoms with Gasteiger partial charge in [0.2, 0.25) is 10.0 Å². The van der Waals surface area contributed by atoms with Crippen LogP contribution in [0.1, 0.15) is 37.0 Å². The van der Waals surface area contributed by atoms with Crippen molar-refractivity contribution < 1.29 is 8.42 Å². The minimum Gasteiger partial charge on any atom is -0.328 e. The largest absolute Gasteiger partial charge is 0.328 e. The van der Waals surface area contributed by atoms with Crippen LogP contribution in [-0.2, 0) is 16.4 Å². The zero-order valence-electron chi connectivity index (χ0n) is 12.7. The lowest BCUT2D eigenvalue weighted by atomic mass is 9.91. The summed E-state index contributed by atoms with van der Waals surface area (Å²) in [6.45, 7) is 1.32. The summed E-state index contributed by atoms with van der Waals surface area (Å²) in [6, 6.07) is 4.44. The number of nitrogens with two attached hydrogens (primary N) is 1. The molecule has 1 aliphatic rings. The highest BCUT2D eigenvalue weighted by Crippen LogP contribution is 2.23. The fraction of sp³-hybridized carbons (Fsp3) is 0.733. The Bertz CT molecular complexity index is 514. The number of piperidine rings is 1. The van der Waals surface area contributed by atoms with Crippen LogP contribution >= 0.6 is 11.3 Å². The summed E-state index contributed by atoms with van der Waals surface area (Å²) in [5.41, 5.74) is 6.23. The molecule has 2 heterocycles. The molecule has 21 heavy (non-hydrogen) atoms. The van der Waals surface area contributed by atoms with E-state index in [2.05, 4.69) is 17.5 Å². The normalized spacial score (nSPS) is 22.3. The third kappa shape index (κ3) is 5.70. The smallest absolute Gasteiger partial charge is 0.211 e. The van der Waals surface area contributed by atoms with Crippen molar-refractivity contribution in [3.05, 3.63) is 22.4 Å². The summed E-state index contributed by atoms with van der Waals surface area (Å²) in [5.74, 6) is 0.421. The molecular weight excluding hydrogens is 304 g/mol. The molecule has 4 nitrogen and oxygen atoms in total. The molecule has 6 heteroatoms. The molecule has 0 saturated carbocycles. The molecule has 2 N–H and O–H groups in total. The van der Waals surface area contributed by atoms with Crippen molar-refractivity contribution in [2.45, 2.75) is 44.6 Å². The van der Waals surface area contributed by atoms with Gasteiger partial charge in [-0.25, -0.2) is 12.7 Å². The van der Waals surface area contributed by atoms with E-state index in [1.807, 2.05) is 0 Å². The lowest BCUT2D eigenvalue weighted by Crippen LogP contribution is -2.41. The fourth-order valence-corrected chi connectivity index (χ4v) is 4.75. The first kappa shape index (κ1) is 16.9. The summed E-state index contributed by atoms with van der Waals surface area (Å²) in [5, 5.41) is 2.11. The molecule has 0 spiro atoms. The van der Waals surface area contributed by atoms with E-state index in [0.29, 0.717) is 19.0 Å². The molecule has 0 bridgehead atoms. The van der Waals surface area contributed by atoms with Gasteiger partial charge in [0.1, 0.15) is 0 Å². The first-order valence-corrected chi connectivity index (χ1v) is 10.4. The highest BCUT2D eigenvalue weighted by atomic mass is 32.2. The number of hydrogen-bond donors (Lipinski definition) is 1. The van der Waals surface area contributed by atoms with Crippen LogP contribution in [0.3, 0.4) is 0 Å². The number of thiophene rings is 1. The maximum atomic E-state index is 11.6. The van der Waals surface area contributed by atoms with Crippen LogP contribution in [0.15, 0.2) is 17.5 Å². The maximum absolute atomic E-state index is 11.6. The Hall–Kier alpha value is -0.430. The summed E-state index contributed by atoms with van der Waals surface area (Å²) >= 11 is 1.80. The van der Waals surface area contributed by atoms with Crippen LogP contribution < -0.4 is 5.73 Å². The first-order chi connectivity index (χ1) is 9.95. The average molecular weight is 331 g/mol. The van der Waals surface area contributed by atoms with Crippen molar-refractivity contribution in [1.29, 1.82) is 0 Å². The van der Waals surface area contributed by atoms with E-state index in [1.165, 1.54) is 11.1 Å². The van der Waals surface area contributed by atoms with Crippen LogP contribution in [0, 0.1) is 5.92 Å².